The lowest BCUT2D eigenvalue weighted by Gasteiger charge is -2.22. The SMILES string of the molecule is Cn1c(CC(C)(C)C(=O)O)c(C(=O)CC(C)(C)C)c2cc(OCc3ccc4ccccc4n3)ccc21. The fraction of sp³-hybridized carbons (Fsp3) is 0.367. The van der Waals surface area contributed by atoms with Crippen LogP contribution in [0.2, 0.25) is 0 Å². The largest absolute Gasteiger partial charge is 0.487 e. The van der Waals surface area contributed by atoms with E-state index < -0.39 is 11.4 Å². The Morgan fingerprint density at radius 2 is 1.72 bits per heavy atom. The van der Waals surface area contributed by atoms with E-state index >= 15 is 0 Å². The van der Waals surface area contributed by atoms with Crippen molar-refractivity contribution in [3.8, 4) is 5.75 Å². The molecule has 0 saturated heterocycles. The maximum absolute atomic E-state index is 13.6. The first kappa shape index (κ1) is 25.4. The predicted octanol–water partition coefficient (Wildman–Crippen LogP) is 6.58. The molecule has 0 spiro atoms. The van der Waals surface area contributed by atoms with Crippen molar-refractivity contribution in [2.45, 2.75) is 54.1 Å². The second-order valence-electron chi connectivity index (χ2n) is 11.4. The van der Waals surface area contributed by atoms with Gasteiger partial charge in [0.15, 0.2) is 5.78 Å². The molecule has 0 atom stereocenters. The van der Waals surface area contributed by atoms with E-state index in [1.807, 2.05) is 87.0 Å². The van der Waals surface area contributed by atoms with Gasteiger partial charge in [0.1, 0.15) is 12.4 Å². The molecule has 6 nitrogen and oxygen atoms in total. The van der Waals surface area contributed by atoms with Gasteiger partial charge in [-0.25, -0.2) is 4.98 Å². The molecular weight excluding hydrogens is 452 g/mol. The second kappa shape index (κ2) is 9.41. The van der Waals surface area contributed by atoms with Crippen molar-refractivity contribution in [1.82, 2.24) is 9.55 Å². The number of aliphatic carboxylic acids is 1. The number of aryl methyl sites for hydroxylation is 1. The van der Waals surface area contributed by atoms with Crippen molar-refractivity contribution in [1.29, 1.82) is 0 Å². The second-order valence-corrected chi connectivity index (χ2v) is 11.4. The van der Waals surface area contributed by atoms with Crippen molar-refractivity contribution < 1.29 is 19.4 Å². The number of para-hydroxylation sites is 1. The van der Waals surface area contributed by atoms with Crippen LogP contribution in [-0.4, -0.2) is 26.4 Å². The summed E-state index contributed by atoms with van der Waals surface area (Å²) >= 11 is 0. The molecule has 4 aromatic rings. The Balaban J connectivity index is 1.72. The number of Topliss-reactive ketones (excluding diaryl/α,β-unsaturated/α-hetero) is 1. The molecule has 0 aliphatic rings. The highest BCUT2D eigenvalue weighted by molar-refractivity contribution is 6.10. The highest BCUT2D eigenvalue weighted by Crippen LogP contribution is 2.35. The maximum atomic E-state index is 13.6. The number of aromatic nitrogens is 2. The van der Waals surface area contributed by atoms with Gasteiger partial charge in [-0.1, -0.05) is 45.0 Å². The van der Waals surface area contributed by atoms with Crippen LogP contribution in [0.25, 0.3) is 21.8 Å². The summed E-state index contributed by atoms with van der Waals surface area (Å²) < 4.78 is 8.04. The zero-order valence-corrected chi connectivity index (χ0v) is 21.9. The summed E-state index contributed by atoms with van der Waals surface area (Å²) in [5, 5.41) is 11.6. The van der Waals surface area contributed by atoms with Crippen LogP contribution in [0.5, 0.6) is 5.75 Å². The van der Waals surface area contributed by atoms with E-state index in [1.165, 1.54) is 0 Å². The standard InChI is InChI=1S/C30H34N2O4/c1-29(2,3)17-26(33)27-22-15-21(36-18-20-12-11-19-9-7-8-10-23(19)31-20)13-14-24(22)32(6)25(27)16-30(4,5)28(34)35/h7-15H,16-18H2,1-6H3,(H,34,35). The molecular formula is C30H34N2O4. The Kier molecular flexibility index (Phi) is 6.65. The highest BCUT2D eigenvalue weighted by atomic mass is 16.5. The van der Waals surface area contributed by atoms with E-state index in [-0.39, 0.29) is 17.6 Å². The summed E-state index contributed by atoms with van der Waals surface area (Å²) in [6, 6.07) is 17.6. The molecule has 36 heavy (non-hydrogen) atoms. The third kappa shape index (κ3) is 5.27. The Morgan fingerprint density at radius 3 is 2.42 bits per heavy atom. The number of benzene rings is 2. The third-order valence-corrected chi connectivity index (χ3v) is 6.49. The molecule has 0 amide bonds. The number of hydrogen-bond acceptors (Lipinski definition) is 4. The Morgan fingerprint density at radius 1 is 1.00 bits per heavy atom. The average molecular weight is 487 g/mol. The molecule has 2 aromatic carbocycles. The first-order valence-corrected chi connectivity index (χ1v) is 12.2. The summed E-state index contributed by atoms with van der Waals surface area (Å²) in [6.07, 6.45) is 0.606. The molecule has 6 heteroatoms. The quantitative estimate of drug-likeness (QED) is 0.285. The first-order chi connectivity index (χ1) is 16.9. The van der Waals surface area contributed by atoms with Crippen LogP contribution >= 0.6 is 0 Å². The predicted molar refractivity (Wildman–Crippen MR) is 143 cm³/mol. The zero-order valence-electron chi connectivity index (χ0n) is 21.9. The van der Waals surface area contributed by atoms with Crippen molar-refractivity contribution in [2.75, 3.05) is 0 Å². The summed E-state index contributed by atoms with van der Waals surface area (Å²) in [5.41, 5.74) is 2.72. The average Bonchev–Trinajstić information content (AvgIpc) is 3.06. The summed E-state index contributed by atoms with van der Waals surface area (Å²) in [6.45, 7) is 9.77. The van der Waals surface area contributed by atoms with Crippen LogP contribution < -0.4 is 4.74 Å². The van der Waals surface area contributed by atoms with E-state index in [0.29, 0.717) is 24.3 Å². The molecule has 0 fully saturated rings. The number of fused-ring (bicyclic) bond motifs is 2. The number of carboxylic acids is 1. The van der Waals surface area contributed by atoms with Crippen molar-refractivity contribution in [3.63, 3.8) is 0 Å². The van der Waals surface area contributed by atoms with Crippen LogP contribution in [0.4, 0.5) is 0 Å². The Labute approximate surface area is 211 Å². The minimum Gasteiger partial charge on any atom is -0.487 e. The normalized spacial score (nSPS) is 12.3. The lowest BCUT2D eigenvalue weighted by Crippen LogP contribution is -2.28. The minimum atomic E-state index is -1.01. The zero-order chi connectivity index (χ0) is 26.3. The van der Waals surface area contributed by atoms with Gasteiger partial charge in [0.25, 0.3) is 0 Å². The number of nitrogens with zero attached hydrogens (tertiary/aromatic N) is 2. The van der Waals surface area contributed by atoms with Crippen LogP contribution in [0.15, 0.2) is 54.6 Å². The molecule has 0 aliphatic carbocycles. The van der Waals surface area contributed by atoms with Gasteiger partial charge in [0.05, 0.1) is 16.6 Å². The van der Waals surface area contributed by atoms with Crippen molar-refractivity contribution in [3.05, 3.63) is 71.5 Å². The fourth-order valence-electron chi connectivity index (χ4n) is 4.49. The molecule has 2 heterocycles. The van der Waals surface area contributed by atoms with Gasteiger partial charge >= 0.3 is 5.97 Å². The van der Waals surface area contributed by atoms with Crippen LogP contribution in [-0.2, 0) is 24.9 Å². The van der Waals surface area contributed by atoms with Crippen molar-refractivity contribution in [2.24, 2.45) is 17.9 Å². The molecule has 0 bridgehead atoms. The molecule has 0 radical (unpaired) electrons. The van der Waals surface area contributed by atoms with Crippen LogP contribution in [0.3, 0.4) is 0 Å². The lowest BCUT2D eigenvalue weighted by atomic mass is 9.83. The van der Waals surface area contributed by atoms with Gasteiger partial charge in [-0.15, -0.1) is 0 Å². The number of rotatable bonds is 8. The number of carbonyl (C=O) groups is 2. The monoisotopic (exact) mass is 486 g/mol. The van der Waals surface area contributed by atoms with Gasteiger partial charge < -0.3 is 14.4 Å². The summed E-state index contributed by atoms with van der Waals surface area (Å²) in [7, 11) is 1.89. The highest BCUT2D eigenvalue weighted by Gasteiger charge is 2.33. The van der Waals surface area contributed by atoms with E-state index in [0.717, 1.165) is 33.2 Å². The van der Waals surface area contributed by atoms with E-state index in [4.69, 9.17) is 4.74 Å². The van der Waals surface area contributed by atoms with Crippen molar-refractivity contribution >= 4 is 33.6 Å². The third-order valence-electron chi connectivity index (χ3n) is 6.49. The molecule has 4 rings (SSSR count). The number of carbonyl (C=O) groups excluding carboxylic acids is 1. The van der Waals surface area contributed by atoms with E-state index in [2.05, 4.69) is 4.98 Å². The van der Waals surface area contributed by atoms with Crippen LogP contribution in [0.1, 0.15) is 62.8 Å². The van der Waals surface area contributed by atoms with Crippen LogP contribution in [0, 0.1) is 10.8 Å². The van der Waals surface area contributed by atoms with Gasteiger partial charge in [-0.3, -0.25) is 9.59 Å². The summed E-state index contributed by atoms with van der Waals surface area (Å²) in [5.74, 6) is -0.247. The van der Waals surface area contributed by atoms with Gasteiger partial charge in [-0.05, 0) is 49.6 Å². The fourth-order valence-corrected chi connectivity index (χ4v) is 4.49. The molecule has 2 aromatic heterocycles. The van der Waals surface area contributed by atoms with Gasteiger partial charge in [-0.2, -0.15) is 0 Å². The Hall–Kier alpha value is -3.67. The molecule has 0 saturated carbocycles. The smallest absolute Gasteiger partial charge is 0.309 e. The number of carboxylic acid groups (broad SMARTS) is 1. The number of hydrogen-bond donors (Lipinski definition) is 1. The minimum absolute atomic E-state index is 0.0117. The molecule has 0 aliphatic heterocycles. The lowest BCUT2D eigenvalue weighted by molar-refractivity contribution is -0.146. The first-order valence-electron chi connectivity index (χ1n) is 12.2. The molecule has 1 N–H and O–H groups in total. The Bertz CT molecular complexity index is 1460. The number of ketones is 1. The van der Waals surface area contributed by atoms with Gasteiger partial charge in [0, 0.05) is 47.4 Å². The maximum Gasteiger partial charge on any atom is 0.309 e. The molecule has 0 unspecified atom stereocenters. The van der Waals surface area contributed by atoms with E-state index in [9.17, 15) is 14.7 Å². The number of pyridine rings is 1. The topological polar surface area (TPSA) is 81.4 Å². The molecule has 188 valence electrons. The van der Waals surface area contributed by atoms with E-state index in [1.54, 1.807) is 13.8 Å². The van der Waals surface area contributed by atoms with Gasteiger partial charge in [0.2, 0.25) is 0 Å². The number of ether oxygens (including phenoxy) is 1. The summed E-state index contributed by atoms with van der Waals surface area (Å²) in [4.78, 5) is 30.1.